The molecular formula is C19H21NO4S. The van der Waals surface area contributed by atoms with E-state index in [9.17, 15) is 9.59 Å². The third-order valence-electron chi connectivity index (χ3n) is 4.47. The first-order valence-corrected chi connectivity index (χ1v) is 9.00. The number of nitrogens with zero attached hydrogens (tertiary/aromatic N) is 1. The summed E-state index contributed by atoms with van der Waals surface area (Å²) >= 11 is 1.25. The van der Waals surface area contributed by atoms with Crippen molar-refractivity contribution in [3.8, 4) is 11.5 Å². The van der Waals surface area contributed by atoms with Crippen LogP contribution < -0.4 is 9.47 Å². The zero-order valence-corrected chi connectivity index (χ0v) is 15.4. The van der Waals surface area contributed by atoms with Crippen LogP contribution in [-0.2, 0) is 0 Å². The fraction of sp³-hybridized carbons (Fsp3) is 0.368. The highest BCUT2D eigenvalue weighted by Crippen LogP contribution is 2.40. The van der Waals surface area contributed by atoms with E-state index in [1.54, 1.807) is 26.4 Å². The molecule has 5 nitrogen and oxygen atoms in total. The predicted molar refractivity (Wildman–Crippen MR) is 96.9 cm³/mol. The molecule has 1 amide bonds. The van der Waals surface area contributed by atoms with E-state index < -0.39 is 0 Å². The SMILES string of the molecule is COc1ccc(OC)c([C@H]2CCCN2C(=O)c2ccc(C(C)=O)s2)c1. The number of rotatable bonds is 5. The van der Waals surface area contributed by atoms with Gasteiger partial charge in [-0.2, -0.15) is 0 Å². The Kier molecular flexibility index (Phi) is 5.08. The van der Waals surface area contributed by atoms with Crippen molar-refractivity contribution in [2.75, 3.05) is 20.8 Å². The van der Waals surface area contributed by atoms with Crippen LogP contribution in [0.15, 0.2) is 30.3 Å². The lowest BCUT2D eigenvalue weighted by Crippen LogP contribution is -2.30. The normalized spacial score (nSPS) is 16.8. The Morgan fingerprint density at radius 1 is 1.12 bits per heavy atom. The largest absolute Gasteiger partial charge is 0.497 e. The molecule has 25 heavy (non-hydrogen) atoms. The average Bonchev–Trinajstić information content (AvgIpc) is 3.30. The van der Waals surface area contributed by atoms with Crippen LogP contribution >= 0.6 is 11.3 Å². The number of likely N-dealkylation sites (tertiary alicyclic amines) is 1. The average molecular weight is 359 g/mol. The van der Waals surface area contributed by atoms with Gasteiger partial charge < -0.3 is 14.4 Å². The summed E-state index contributed by atoms with van der Waals surface area (Å²) in [5.41, 5.74) is 0.955. The second kappa shape index (κ2) is 7.27. The van der Waals surface area contributed by atoms with Crippen molar-refractivity contribution in [1.29, 1.82) is 0 Å². The molecule has 1 aromatic carbocycles. The second-order valence-electron chi connectivity index (χ2n) is 5.98. The number of ether oxygens (including phenoxy) is 2. The number of thiophene rings is 1. The van der Waals surface area contributed by atoms with E-state index in [1.807, 2.05) is 23.1 Å². The van der Waals surface area contributed by atoms with E-state index in [4.69, 9.17) is 9.47 Å². The Bertz CT molecular complexity index is 798. The number of carbonyl (C=O) groups excluding carboxylic acids is 2. The molecule has 0 bridgehead atoms. The van der Waals surface area contributed by atoms with Gasteiger partial charge in [0.15, 0.2) is 5.78 Å². The first kappa shape index (κ1) is 17.5. The fourth-order valence-electron chi connectivity index (χ4n) is 3.22. The van der Waals surface area contributed by atoms with Crippen LogP contribution in [0.1, 0.15) is 50.7 Å². The first-order chi connectivity index (χ1) is 12.0. The molecular weight excluding hydrogens is 338 g/mol. The lowest BCUT2D eigenvalue weighted by atomic mass is 10.0. The van der Waals surface area contributed by atoms with E-state index in [1.165, 1.54) is 18.3 Å². The molecule has 1 aliphatic heterocycles. The summed E-state index contributed by atoms with van der Waals surface area (Å²) in [6.07, 6.45) is 1.81. The van der Waals surface area contributed by atoms with Crippen molar-refractivity contribution < 1.29 is 19.1 Å². The van der Waals surface area contributed by atoms with Crippen molar-refractivity contribution in [3.05, 3.63) is 45.6 Å². The molecule has 1 fully saturated rings. The van der Waals surface area contributed by atoms with Gasteiger partial charge in [-0.1, -0.05) is 0 Å². The third-order valence-corrected chi connectivity index (χ3v) is 5.65. The van der Waals surface area contributed by atoms with E-state index in [0.29, 0.717) is 16.3 Å². The first-order valence-electron chi connectivity index (χ1n) is 8.18. The number of Topliss-reactive ketones (excluding diaryl/α,β-unsaturated/α-hetero) is 1. The number of amides is 1. The maximum atomic E-state index is 13.0. The van der Waals surface area contributed by atoms with E-state index in [2.05, 4.69) is 0 Å². The number of methoxy groups -OCH3 is 2. The molecule has 2 heterocycles. The Balaban J connectivity index is 1.92. The van der Waals surface area contributed by atoms with Crippen molar-refractivity contribution in [1.82, 2.24) is 4.90 Å². The summed E-state index contributed by atoms with van der Waals surface area (Å²) in [5, 5.41) is 0. The molecule has 1 aromatic heterocycles. The molecule has 0 radical (unpaired) electrons. The number of hydrogen-bond donors (Lipinski definition) is 0. The molecule has 0 saturated carbocycles. The van der Waals surface area contributed by atoms with Gasteiger partial charge in [0.1, 0.15) is 11.5 Å². The molecule has 1 atom stereocenters. The summed E-state index contributed by atoms with van der Waals surface area (Å²) in [6, 6.07) is 9.06. The second-order valence-corrected chi connectivity index (χ2v) is 7.07. The highest BCUT2D eigenvalue weighted by Gasteiger charge is 2.33. The van der Waals surface area contributed by atoms with Crippen molar-refractivity contribution in [3.63, 3.8) is 0 Å². The Labute approximate surface area is 151 Å². The van der Waals surface area contributed by atoms with Gasteiger partial charge in [-0.3, -0.25) is 9.59 Å². The topological polar surface area (TPSA) is 55.8 Å². The molecule has 1 saturated heterocycles. The quantitative estimate of drug-likeness (QED) is 0.759. The van der Waals surface area contributed by atoms with Gasteiger partial charge in [0.25, 0.3) is 5.91 Å². The summed E-state index contributed by atoms with van der Waals surface area (Å²) in [4.78, 5) is 27.5. The minimum absolute atomic E-state index is 0.0171. The van der Waals surface area contributed by atoms with Crippen LogP contribution in [-0.4, -0.2) is 37.4 Å². The Hall–Kier alpha value is -2.34. The Morgan fingerprint density at radius 2 is 1.88 bits per heavy atom. The van der Waals surface area contributed by atoms with Crippen LogP contribution in [0.4, 0.5) is 0 Å². The molecule has 3 rings (SSSR count). The molecule has 1 aliphatic rings. The van der Waals surface area contributed by atoms with Crippen molar-refractivity contribution in [2.24, 2.45) is 0 Å². The predicted octanol–water partition coefficient (Wildman–Crippen LogP) is 3.95. The van der Waals surface area contributed by atoms with Crippen LogP contribution in [0.25, 0.3) is 0 Å². The molecule has 2 aromatic rings. The van der Waals surface area contributed by atoms with E-state index >= 15 is 0 Å². The minimum atomic E-state index is -0.0552. The van der Waals surface area contributed by atoms with E-state index in [-0.39, 0.29) is 17.7 Å². The third kappa shape index (κ3) is 3.39. The van der Waals surface area contributed by atoms with Gasteiger partial charge in [-0.05, 0) is 50.1 Å². The minimum Gasteiger partial charge on any atom is -0.497 e. The zero-order valence-electron chi connectivity index (χ0n) is 14.6. The van der Waals surface area contributed by atoms with Gasteiger partial charge in [0, 0.05) is 12.1 Å². The van der Waals surface area contributed by atoms with Crippen LogP contribution in [0.5, 0.6) is 11.5 Å². The molecule has 0 spiro atoms. The summed E-state index contributed by atoms with van der Waals surface area (Å²) < 4.78 is 10.8. The molecule has 132 valence electrons. The highest BCUT2D eigenvalue weighted by atomic mass is 32.1. The standard InChI is InChI=1S/C19H21NO4S/c1-12(21)17-8-9-18(25-17)19(22)20-10-4-5-15(20)14-11-13(23-2)6-7-16(14)24-3/h6-9,11,15H,4-5,10H2,1-3H3/t15-/m1/s1. The Morgan fingerprint density at radius 3 is 2.52 bits per heavy atom. The van der Waals surface area contributed by atoms with Crippen LogP contribution in [0.3, 0.4) is 0 Å². The fourth-order valence-corrected chi connectivity index (χ4v) is 4.07. The number of benzene rings is 1. The smallest absolute Gasteiger partial charge is 0.264 e. The molecule has 0 unspecified atom stereocenters. The van der Waals surface area contributed by atoms with Gasteiger partial charge in [0.05, 0.1) is 30.0 Å². The summed E-state index contributed by atoms with van der Waals surface area (Å²) in [7, 11) is 3.25. The molecule has 6 heteroatoms. The zero-order chi connectivity index (χ0) is 18.0. The van der Waals surface area contributed by atoms with Crippen LogP contribution in [0.2, 0.25) is 0 Å². The van der Waals surface area contributed by atoms with Crippen molar-refractivity contribution in [2.45, 2.75) is 25.8 Å². The van der Waals surface area contributed by atoms with Gasteiger partial charge >= 0.3 is 0 Å². The summed E-state index contributed by atoms with van der Waals surface area (Å²) in [5.74, 6) is 1.44. The maximum absolute atomic E-state index is 13.0. The van der Waals surface area contributed by atoms with Gasteiger partial charge in [0.2, 0.25) is 0 Å². The van der Waals surface area contributed by atoms with Crippen LogP contribution in [0, 0.1) is 0 Å². The monoisotopic (exact) mass is 359 g/mol. The lowest BCUT2D eigenvalue weighted by molar-refractivity contribution is 0.0739. The van der Waals surface area contributed by atoms with Crippen molar-refractivity contribution >= 4 is 23.0 Å². The van der Waals surface area contributed by atoms with E-state index in [0.717, 1.165) is 29.9 Å². The molecule has 0 aliphatic carbocycles. The number of ketones is 1. The number of hydrogen-bond acceptors (Lipinski definition) is 5. The number of carbonyl (C=O) groups is 2. The lowest BCUT2D eigenvalue weighted by Gasteiger charge is -2.26. The summed E-state index contributed by atoms with van der Waals surface area (Å²) in [6.45, 7) is 2.21. The maximum Gasteiger partial charge on any atom is 0.264 e. The van der Waals surface area contributed by atoms with Gasteiger partial charge in [-0.25, -0.2) is 0 Å². The molecule has 0 N–H and O–H groups in total. The highest BCUT2D eigenvalue weighted by molar-refractivity contribution is 7.15. The van der Waals surface area contributed by atoms with Gasteiger partial charge in [-0.15, -0.1) is 11.3 Å².